The minimum Gasteiger partial charge on any atom is -0.323 e. The van der Waals surface area contributed by atoms with Crippen molar-refractivity contribution in [3.8, 4) is 5.69 Å². The summed E-state index contributed by atoms with van der Waals surface area (Å²) in [6.07, 6.45) is 3.65. The topological polar surface area (TPSA) is 50.2 Å². The molecule has 3 rings (SSSR count). The van der Waals surface area contributed by atoms with Crippen molar-refractivity contribution in [2.24, 2.45) is 0 Å². The molecule has 5 nitrogen and oxygen atoms in total. The van der Waals surface area contributed by atoms with Gasteiger partial charge in [0.1, 0.15) is 0 Å². The first-order valence-electron chi connectivity index (χ1n) is 8.74. The molecule has 0 aliphatic carbocycles. The predicted molar refractivity (Wildman–Crippen MR) is 105 cm³/mol. The maximum absolute atomic E-state index is 12.5. The van der Waals surface area contributed by atoms with E-state index >= 15 is 0 Å². The Kier molecular flexibility index (Phi) is 5.37. The van der Waals surface area contributed by atoms with Crippen LogP contribution in [0.3, 0.4) is 0 Å². The second kappa shape index (κ2) is 7.87. The molecule has 1 aromatic heterocycles. The second-order valence-corrected chi connectivity index (χ2v) is 6.65. The zero-order chi connectivity index (χ0) is 18.5. The first-order valence-corrected chi connectivity index (χ1v) is 8.74. The van der Waals surface area contributed by atoms with Gasteiger partial charge in [0.05, 0.1) is 5.69 Å². The molecular weight excluding hydrogens is 324 g/mol. The van der Waals surface area contributed by atoms with Gasteiger partial charge >= 0.3 is 6.03 Å². The van der Waals surface area contributed by atoms with Gasteiger partial charge in [0, 0.05) is 31.7 Å². The summed E-state index contributed by atoms with van der Waals surface area (Å²) in [5.74, 6) is 0.353. The molecule has 26 heavy (non-hydrogen) atoms. The lowest BCUT2D eigenvalue weighted by Gasteiger charge is -2.20. The van der Waals surface area contributed by atoms with E-state index in [1.165, 1.54) is 0 Å². The lowest BCUT2D eigenvalue weighted by atomic mass is 10.0. The van der Waals surface area contributed by atoms with E-state index in [1.54, 1.807) is 18.1 Å². The molecule has 0 radical (unpaired) electrons. The van der Waals surface area contributed by atoms with E-state index in [4.69, 9.17) is 0 Å². The molecule has 1 N–H and O–H groups in total. The molecular formula is C21H24N4O. The normalized spacial score (nSPS) is 10.8. The standard InChI is InChI=1S/C21H24N4O/c1-16(2)19-7-4-5-8-20(19)23-21(26)24(3)15-17-9-11-18(12-10-17)25-14-6-13-22-25/h4-14,16H,15H2,1-3H3,(H,23,26). The smallest absolute Gasteiger partial charge is 0.321 e. The van der Waals surface area contributed by atoms with Gasteiger partial charge < -0.3 is 10.2 Å². The van der Waals surface area contributed by atoms with Crippen LogP contribution in [0.25, 0.3) is 5.69 Å². The summed E-state index contributed by atoms with van der Waals surface area (Å²) in [7, 11) is 1.80. The number of para-hydroxylation sites is 1. The second-order valence-electron chi connectivity index (χ2n) is 6.65. The molecule has 0 aliphatic heterocycles. The van der Waals surface area contributed by atoms with Crippen molar-refractivity contribution in [3.63, 3.8) is 0 Å². The van der Waals surface area contributed by atoms with E-state index in [1.807, 2.05) is 65.5 Å². The van der Waals surface area contributed by atoms with Crippen LogP contribution in [0.2, 0.25) is 0 Å². The highest BCUT2D eigenvalue weighted by atomic mass is 16.2. The summed E-state index contributed by atoms with van der Waals surface area (Å²) in [5.41, 5.74) is 4.07. The number of aromatic nitrogens is 2. The van der Waals surface area contributed by atoms with Gasteiger partial charge in [-0.1, -0.05) is 44.2 Å². The number of hydrogen-bond acceptors (Lipinski definition) is 2. The number of rotatable bonds is 5. The maximum Gasteiger partial charge on any atom is 0.321 e. The number of carbonyl (C=O) groups excluding carboxylic acids is 1. The van der Waals surface area contributed by atoms with Gasteiger partial charge in [-0.05, 0) is 41.3 Å². The Morgan fingerprint density at radius 1 is 1.12 bits per heavy atom. The van der Waals surface area contributed by atoms with Gasteiger partial charge in [0.25, 0.3) is 0 Å². The highest BCUT2D eigenvalue weighted by Crippen LogP contribution is 2.24. The molecule has 134 valence electrons. The van der Waals surface area contributed by atoms with Crippen LogP contribution < -0.4 is 5.32 Å². The molecule has 3 aromatic rings. The molecule has 0 bridgehead atoms. The quantitative estimate of drug-likeness (QED) is 0.729. The van der Waals surface area contributed by atoms with Gasteiger partial charge in [-0.15, -0.1) is 0 Å². The third kappa shape index (κ3) is 4.11. The van der Waals surface area contributed by atoms with E-state index < -0.39 is 0 Å². The fraction of sp³-hybridized carbons (Fsp3) is 0.238. The molecule has 0 aliphatic rings. The number of amides is 2. The van der Waals surface area contributed by atoms with E-state index in [-0.39, 0.29) is 6.03 Å². The predicted octanol–water partition coefficient (Wildman–Crippen LogP) is 4.66. The van der Waals surface area contributed by atoms with Gasteiger partial charge in [0.2, 0.25) is 0 Å². The fourth-order valence-electron chi connectivity index (χ4n) is 2.85. The molecule has 0 saturated carbocycles. The Bertz CT molecular complexity index is 854. The number of nitrogens with one attached hydrogen (secondary N) is 1. The monoisotopic (exact) mass is 348 g/mol. The van der Waals surface area contributed by atoms with Crippen LogP contribution in [-0.4, -0.2) is 27.8 Å². The van der Waals surface area contributed by atoms with Crippen molar-refractivity contribution in [2.75, 3.05) is 12.4 Å². The molecule has 2 amide bonds. The fourth-order valence-corrected chi connectivity index (χ4v) is 2.85. The molecule has 0 atom stereocenters. The van der Waals surface area contributed by atoms with Crippen molar-refractivity contribution in [2.45, 2.75) is 26.3 Å². The third-order valence-electron chi connectivity index (χ3n) is 4.30. The minimum absolute atomic E-state index is 0.116. The van der Waals surface area contributed by atoms with Gasteiger partial charge in [-0.3, -0.25) is 0 Å². The molecule has 0 saturated heterocycles. The largest absolute Gasteiger partial charge is 0.323 e. The summed E-state index contributed by atoms with van der Waals surface area (Å²) >= 11 is 0. The van der Waals surface area contributed by atoms with Crippen LogP contribution in [0, 0.1) is 0 Å². The van der Waals surface area contributed by atoms with E-state index in [0.29, 0.717) is 12.5 Å². The molecule has 0 spiro atoms. The zero-order valence-electron chi connectivity index (χ0n) is 15.4. The van der Waals surface area contributed by atoms with Gasteiger partial charge in [-0.25, -0.2) is 9.48 Å². The average molecular weight is 348 g/mol. The van der Waals surface area contributed by atoms with Crippen molar-refractivity contribution >= 4 is 11.7 Å². The summed E-state index contributed by atoms with van der Waals surface area (Å²) in [5, 5.41) is 7.24. The summed E-state index contributed by atoms with van der Waals surface area (Å²) in [6, 6.07) is 17.7. The molecule has 5 heteroatoms. The van der Waals surface area contributed by atoms with Crippen molar-refractivity contribution in [1.82, 2.24) is 14.7 Å². The number of carbonyl (C=O) groups is 1. The number of hydrogen-bond donors (Lipinski definition) is 1. The lowest BCUT2D eigenvalue weighted by molar-refractivity contribution is 0.220. The number of nitrogens with zero attached hydrogens (tertiary/aromatic N) is 3. The number of urea groups is 1. The van der Waals surface area contributed by atoms with Crippen LogP contribution in [-0.2, 0) is 6.54 Å². The Labute approximate surface area is 154 Å². The van der Waals surface area contributed by atoms with Crippen LogP contribution in [0.1, 0.15) is 30.9 Å². The van der Waals surface area contributed by atoms with Crippen LogP contribution in [0.4, 0.5) is 10.5 Å². The van der Waals surface area contributed by atoms with E-state index in [9.17, 15) is 4.79 Å². The highest BCUT2D eigenvalue weighted by Gasteiger charge is 2.13. The summed E-state index contributed by atoms with van der Waals surface area (Å²) in [4.78, 5) is 14.2. The van der Waals surface area contributed by atoms with E-state index in [0.717, 1.165) is 22.5 Å². The Hall–Kier alpha value is -3.08. The first-order chi connectivity index (χ1) is 12.5. The maximum atomic E-state index is 12.5. The van der Waals surface area contributed by atoms with Crippen molar-refractivity contribution in [1.29, 1.82) is 0 Å². The molecule has 0 unspecified atom stereocenters. The Morgan fingerprint density at radius 3 is 2.50 bits per heavy atom. The first kappa shape index (κ1) is 17.7. The highest BCUT2D eigenvalue weighted by molar-refractivity contribution is 5.90. The number of benzene rings is 2. The van der Waals surface area contributed by atoms with Crippen LogP contribution in [0.15, 0.2) is 67.0 Å². The van der Waals surface area contributed by atoms with Gasteiger partial charge in [-0.2, -0.15) is 5.10 Å². The minimum atomic E-state index is -0.116. The van der Waals surface area contributed by atoms with Crippen LogP contribution >= 0.6 is 0 Å². The third-order valence-corrected chi connectivity index (χ3v) is 4.30. The Morgan fingerprint density at radius 2 is 1.85 bits per heavy atom. The lowest BCUT2D eigenvalue weighted by Crippen LogP contribution is -2.31. The van der Waals surface area contributed by atoms with Crippen molar-refractivity contribution in [3.05, 3.63) is 78.1 Å². The van der Waals surface area contributed by atoms with Crippen molar-refractivity contribution < 1.29 is 4.79 Å². The Balaban J connectivity index is 1.64. The van der Waals surface area contributed by atoms with Gasteiger partial charge in [0.15, 0.2) is 0 Å². The summed E-state index contributed by atoms with van der Waals surface area (Å²) < 4.78 is 1.81. The molecule has 2 aromatic carbocycles. The molecule has 1 heterocycles. The molecule has 0 fully saturated rings. The SMILES string of the molecule is CC(C)c1ccccc1NC(=O)N(C)Cc1ccc(-n2cccn2)cc1. The van der Waals surface area contributed by atoms with Crippen LogP contribution in [0.5, 0.6) is 0 Å². The average Bonchev–Trinajstić information content (AvgIpc) is 3.17. The number of anilines is 1. The zero-order valence-corrected chi connectivity index (χ0v) is 15.4. The van der Waals surface area contributed by atoms with E-state index in [2.05, 4.69) is 24.3 Å². The summed E-state index contributed by atoms with van der Waals surface area (Å²) in [6.45, 7) is 4.78.